The summed E-state index contributed by atoms with van der Waals surface area (Å²) in [6.45, 7) is 6.93. The predicted octanol–water partition coefficient (Wildman–Crippen LogP) is 1.04. The van der Waals surface area contributed by atoms with Gasteiger partial charge in [-0.2, -0.15) is 0 Å². The van der Waals surface area contributed by atoms with Gasteiger partial charge in [-0.1, -0.05) is 26.0 Å². The van der Waals surface area contributed by atoms with E-state index < -0.39 is 0 Å². The molecule has 0 aliphatic heterocycles. The summed E-state index contributed by atoms with van der Waals surface area (Å²) in [6, 6.07) is -0.254. The highest BCUT2D eigenvalue weighted by Gasteiger charge is 2.20. The molecule has 8 heteroatoms. The first kappa shape index (κ1) is 15.0. The molecule has 0 fully saturated rings. The molecule has 2 N–H and O–H groups in total. The molecular weight excluding hydrogens is 272 g/mol. The number of nitrogens with zero attached hydrogens (tertiary/aromatic N) is 4. The highest BCUT2D eigenvalue weighted by atomic mass is 16.3. The topological polar surface area (TPSA) is 97.9 Å². The van der Waals surface area contributed by atoms with Crippen molar-refractivity contribution in [3.63, 3.8) is 0 Å². The molecular formula is C13H20N6O2. The van der Waals surface area contributed by atoms with Crippen LogP contribution in [0.1, 0.15) is 38.0 Å². The molecule has 0 aromatic carbocycles. The molecule has 0 aliphatic rings. The van der Waals surface area contributed by atoms with Crippen molar-refractivity contribution in [1.82, 2.24) is 30.6 Å². The first-order valence-electron chi connectivity index (χ1n) is 6.68. The van der Waals surface area contributed by atoms with Crippen molar-refractivity contribution >= 4 is 6.03 Å². The molecule has 114 valence electrons. The van der Waals surface area contributed by atoms with Gasteiger partial charge in [-0.25, -0.2) is 14.5 Å². The van der Waals surface area contributed by atoms with E-state index in [0.717, 1.165) is 5.69 Å². The van der Waals surface area contributed by atoms with Crippen molar-refractivity contribution in [2.45, 2.75) is 39.3 Å². The average Bonchev–Trinajstić information content (AvgIpc) is 3.05. The third-order valence-corrected chi connectivity index (χ3v) is 2.76. The summed E-state index contributed by atoms with van der Waals surface area (Å²) in [6.07, 6.45) is 3.39. The summed E-state index contributed by atoms with van der Waals surface area (Å²) in [5.74, 6) is 0.694. The maximum absolute atomic E-state index is 11.1. The summed E-state index contributed by atoms with van der Waals surface area (Å²) in [5.41, 5.74) is 1.34. The van der Waals surface area contributed by atoms with Gasteiger partial charge in [0.2, 0.25) is 0 Å². The molecule has 0 atom stereocenters. The standard InChI is InChI=1S/C13H20N6O2/c1-13(2,3)11-16-10(8-21-11)7-19-6-9(17-18-19)5-15-12(20)14-4/h6,8H,5,7H2,1-4H3,(H2,14,15,20). The second kappa shape index (κ2) is 5.94. The van der Waals surface area contributed by atoms with Gasteiger partial charge in [0.1, 0.15) is 17.7 Å². The van der Waals surface area contributed by atoms with Crippen LogP contribution in [0.2, 0.25) is 0 Å². The monoisotopic (exact) mass is 292 g/mol. The Morgan fingerprint density at radius 2 is 2.14 bits per heavy atom. The van der Waals surface area contributed by atoms with E-state index in [1.54, 1.807) is 24.2 Å². The maximum atomic E-state index is 11.1. The smallest absolute Gasteiger partial charge is 0.314 e. The summed E-state index contributed by atoms with van der Waals surface area (Å²) in [7, 11) is 1.56. The zero-order valence-corrected chi connectivity index (χ0v) is 12.7. The Kier molecular flexibility index (Phi) is 4.25. The van der Waals surface area contributed by atoms with Gasteiger partial charge in [-0.15, -0.1) is 5.10 Å². The Morgan fingerprint density at radius 1 is 1.38 bits per heavy atom. The summed E-state index contributed by atoms with van der Waals surface area (Å²) >= 11 is 0. The Morgan fingerprint density at radius 3 is 2.76 bits per heavy atom. The average molecular weight is 292 g/mol. The number of nitrogens with one attached hydrogen (secondary N) is 2. The Bertz CT molecular complexity index is 610. The molecule has 2 heterocycles. The van der Waals surface area contributed by atoms with Gasteiger partial charge in [0.05, 0.1) is 19.3 Å². The minimum Gasteiger partial charge on any atom is -0.448 e. The van der Waals surface area contributed by atoms with E-state index in [2.05, 4.69) is 25.9 Å². The van der Waals surface area contributed by atoms with Gasteiger partial charge in [0, 0.05) is 12.5 Å². The van der Waals surface area contributed by atoms with Gasteiger partial charge >= 0.3 is 6.03 Å². The number of urea groups is 1. The lowest BCUT2D eigenvalue weighted by Gasteiger charge is -2.11. The van der Waals surface area contributed by atoms with E-state index in [9.17, 15) is 4.79 Å². The molecule has 0 unspecified atom stereocenters. The Balaban J connectivity index is 1.96. The fourth-order valence-electron chi connectivity index (χ4n) is 1.65. The number of carbonyl (C=O) groups excluding carboxylic acids is 1. The lowest BCUT2D eigenvalue weighted by atomic mass is 9.97. The van der Waals surface area contributed by atoms with Crippen LogP contribution in [0.4, 0.5) is 4.79 Å². The van der Waals surface area contributed by atoms with Crippen molar-refractivity contribution in [2.24, 2.45) is 0 Å². The van der Waals surface area contributed by atoms with Crippen molar-refractivity contribution in [2.75, 3.05) is 7.05 Å². The molecule has 0 aliphatic carbocycles. The highest BCUT2D eigenvalue weighted by Crippen LogP contribution is 2.21. The number of hydrogen-bond acceptors (Lipinski definition) is 5. The van der Waals surface area contributed by atoms with Crippen LogP contribution in [0, 0.1) is 0 Å². The number of amides is 2. The molecule has 0 radical (unpaired) electrons. The third-order valence-electron chi connectivity index (χ3n) is 2.76. The van der Waals surface area contributed by atoms with Crippen LogP contribution in [-0.4, -0.2) is 33.1 Å². The Labute approximate surface area is 122 Å². The van der Waals surface area contributed by atoms with Gasteiger partial charge in [0.25, 0.3) is 0 Å². The largest absolute Gasteiger partial charge is 0.448 e. The molecule has 0 saturated heterocycles. The molecule has 2 rings (SSSR count). The molecule has 21 heavy (non-hydrogen) atoms. The van der Waals surface area contributed by atoms with Gasteiger partial charge in [-0.3, -0.25) is 0 Å². The van der Waals surface area contributed by atoms with Gasteiger partial charge < -0.3 is 15.1 Å². The van der Waals surface area contributed by atoms with E-state index in [1.807, 2.05) is 20.8 Å². The van der Waals surface area contributed by atoms with Crippen LogP contribution in [0.15, 0.2) is 16.9 Å². The fourth-order valence-corrected chi connectivity index (χ4v) is 1.65. The van der Waals surface area contributed by atoms with E-state index in [-0.39, 0.29) is 11.4 Å². The first-order valence-corrected chi connectivity index (χ1v) is 6.68. The number of carbonyl (C=O) groups is 1. The highest BCUT2D eigenvalue weighted by molar-refractivity contribution is 5.73. The normalized spacial score (nSPS) is 11.4. The van der Waals surface area contributed by atoms with E-state index in [4.69, 9.17) is 4.42 Å². The van der Waals surface area contributed by atoms with Crippen LogP contribution in [-0.2, 0) is 18.5 Å². The zero-order chi connectivity index (χ0) is 15.5. The molecule has 2 aromatic rings. The van der Waals surface area contributed by atoms with Crippen LogP contribution in [0.25, 0.3) is 0 Å². The summed E-state index contributed by atoms with van der Waals surface area (Å²) in [4.78, 5) is 15.5. The van der Waals surface area contributed by atoms with Gasteiger partial charge in [-0.05, 0) is 0 Å². The van der Waals surface area contributed by atoms with Crippen LogP contribution in [0.5, 0.6) is 0 Å². The van der Waals surface area contributed by atoms with Crippen LogP contribution < -0.4 is 10.6 Å². The maximum Gasteiger partial charge on any atom is 0.314 e. The second-order valence-electron chi connectivity index (χ2n) is 5.73. The van der Waals surface area contributed by atoms with Crippen molar-refractivity contribution in [3.05, 3.63) is 29.7 Å². The second-order valence-corrected chi connectivity index (χ2v) is 5.73. The van der Waals surface area contributed by atoms with Gasteiger partial charge in [0.15, 0.2) is 5.89 Å². The van der Waals surface area contributed by atoms with Crippen LogP contribution >= 0.6 is 0 Å². The predicted molar refractivity (Wildman–Crippen MR) is 75.6 cm³/mol. The lowest BCUT2D eigenvalue weighted by molar-refractivity contribution is 0.242. The van der Waals surface area contributed by atoms with Crippen molar-refractivity contribution in [3.8, 4) is 0 Å². The minimum atomic E-state index is -0.254. The SMILES string of the molecule is CNC(=O)NCc1cn(Cc2coc(C(C)(C)C)n2)nn1. The molecule has 0 bridgehead atoms. The first-order chi connectivity index (χ1) is 9.88. The van der Waals surface area contributed by atoms with Crippen LogP contribution in [0.3, 0.4) is 0 Å². The third kappa shape index (κ3) is 4.04. The van der Waals surface area contributed by atoms with Crippen molar-refractivity contribution < 1.29 is 9.21 Å². The minimum absolute atomic E-state index is 0.122. The van der Waals surface area contributed by atoms with E-state index in [0.29, 0.717) is 24.7 Å². The van der Waals surface area contributed by atoms with E-state index in [1.165, 1.54) is 0 Å². The number of oxazole rings is 1. The fraction of sp³-hybridized carbons (Fsp3) is 0.538. The summed E-state index contributed by atoms with van der Waals surface area (Å²) in [5, 5.41) is 13.1. The number of rotatable bonds is 4. The molecule has 8 nitrogen and oxygen atoms in total. The molecule has 2 amide bonds. The quantitative estimate of drug-likeness (QED) is 0.877. The number of aromatic nitrogens is 4. The Hall–Kier alpha value is -2.38. The number of hydrogen-bond donors (Lipinski definition) is 2. The molecule has 0 spiro atoms. The molecule has 2 aromatic heterocycles. The lowest BCUT2D eigenvalue weighted by Crippen LogP contribution is -2.32. The zero-order valence-electron chi connectivity index (χ0n) is 12.7. The summed E-state index contributed by atoms with van der Waals surface area (Å²) < 4.78 is 7.12. The van der Waals surface area contributed by atoms with Crippen molar-refractivity contribution in [1.29, 1.82) is 0 Å². The molecule has 0 saturated carbocycles. The van der Waals surface area contributed by atoms with E-state index >= 15 is 0 Å².